The van der Waals surface area contributed by atoms with Crippen molar-refractivity contribution >= 4 is 50.9 Å². The number of hydrogen-bond donors (Lipinski definition) is 1. The van der Waals surface area contributed by atoms with E-state index in [-0.39, 0.29) is 12.2 Å². The zero-order chi connectivity index (χ0) is 29.2. The quantitative estimate of drug-likeness (QED) is 0.205. The summed E-state index contributed by atoms with van der Waals surface area (Å²) in [6.07, 6.45) is 2.75. The van der Waals surface area contributed by atoms with Gasteiger partial charge in [0.15, 0.2) is 9.84 Å². The Kier molecular flexibility index (Phi) is 8.99. The van der Waals surface area contributed by atoms with E-state index >= 15 is 0 Å². The Balaban J connectivity index is 1.55. The predicted octanol–water partition coefficient (Wildman–Crippen LogP) is 6.52. The van der Waals surface area contributed by atoms with E-state index in [1.54, 1.807) is 12.1 Å². The first-order valence-corrected chi connectivity index (χ1v) is 21.4. The van der Waals surface area contributed by atoms with Crippen LogP contribution in [-0.4, -0.2) is 49.5 Å². The molecule has 11 heteroatoms. The van der Waals surface area contributed by atoms with Gasteiger partial charge in [-0.3, -0.25) is 9.52 Å². The van der Waals surface area contributed by atoms with Crippen LogP contribution in [0.5, 0.6) is 0 Å². The van der Waals surface area contributed by atoms with Crippen LogP contribution in [0, 0.1) is 0 Å². The van der Waals surface area contributed by atoms with Gasteiger partial charge in [-0.1, -0.05) is 62.5 Å². The summed E-state index contributed by atoms with van der Waals surface area (Å²) in [5, 5.41) is 0. The summed E-state index contributed by atoms with van der Waals surface area (Å²) in [6.45, 7) is 6.97. The maximum atomic E-state index is 13.5. The van der Waals surface area contributed by atoms with Crippen molar-refractivity contribution in [1.29, 1.82) is 0 Å². The largest absolute Gasteiger partial charge is 0.466 e. The Morgan fingerprint density at radius 1 is 0.950 bits per heavy atom. The molecule has 0 bridgehead atoms. The lowest BCUT2D eigenvalue weighted by Crippen LogP contribution is -2.42. The number of rotatable bonds is 10. The summed E-state index contributed by atoms with van der Waals surface area (Å²) in [5.41, 5.74) is 3.37. The third-order valence-corrected chi connectivity index (χ3v) is 13.5. The van der Waals surface area contributed by atoms with Crippen molar-refractivity contribution in [3.8, 4) is 21.6 Å². The van der Waals surface area contributed by atoms with E-state index in [1.807, 2.05) is 48.5 Å². The number of carbonyl (C=O) groups excluding carboxylic acids is 1. The summed E-state index contributed by atoms with van der Waals surface area (Å²) >= 11 is 1.43. The SMILES string of the molecule is C[Si](C)(C)CCOC(=O)C[C@]1(c2ccc(-c3ccc(-c4ccc(NS(C)(=O)=O)cc4)cc3)s2)CCCCS1(=O)=O. The van der Waals surface area contributed by atoms with Crippen LogP contribution in [0.15, 0.2) is 60.7 Å². The Morgan fingerprint density at radius 2 is 1.55 bits per heavy atom. The van der Waals surface area contributed by atoms with Gasteiger partial charge in [0.05, 0.1) is 25.0 Å². The molecule has 0 radical (unpaired) electrons. The fourth-order valence-electron chi connectivity index (χ4n) is 4.88. The first-order valence-electron chi connectivity index (χ1n) is 13.3. The molecule has 216 valence electrons. The number of thiophene rings is 1. The van der Waals surface area contributed by atoms with Crippen molar-refractivity contribution in [1.82, 2.24) is 0 Å². The van der Waals surface area contributed by atoms with Gasteiger partial charge < -0.3 is 4.74 Å². The van der Waals surface area contributed by atoms with Gasteiger partial charge in [0.1, 0.15) is 4.75 Å². The molecule has 1 saturated heterocycles. The van der Waals surface area contributed by atoms with Gasteiger partial charge in [-0.25, -0.2) is 16.8 Å². The summed E-state index contributed by atoms with van der Waals surface area (Å²) in [7, 11) is -8.25. The average molecular weight is 620 g/mol. The minimum Gasteiger partial charge on any atom is -0.466 e. The minimum absolute atomic E-state index is 0.0790. The number of anilines is 1. The highest BCUT2D eigenvalue weighted by Crippen LogP contribution is 2.47. The van der Waals surface area contributed by atoms with Crippen LogP contribution < -0.4 is 4.72 Å². The number of benzene rings is 2. The van der Waals surface area contributed by atoms with Gasteiger partial charge in [0, 0.05) is 23.5 Å². The molecule has 4 rings (SSSR count). The van der Waals surface area contributed by atoms with E-state index in [2.05, 4.69) is 24.4 Å². The van der Waals surface area contributed by atoms with Gasteiger partial charge in [0.2, 0.25) is 10.0 Å². The van der Waals surface area contributed by atoms with Gasteiger partial charge in [-0.05, 0) is 59.8 Å². The van der Waals surface area contributed by atoms with E-state index in [0.29, 0.717) is 30.0 Å². The number of sulfone groups is 1. The molecule has 1 fully saturated rings. The molecule has 1 atom stereocenters. The van der Waals surface area contributed by atoms with Crippen LogP contribution in [0.25, 0.3) is 21.6 Å². The number of sulfonamides is 1. The molecular weight excluding hydrogens is 583 g/mol. The molecule has 40 heavy (non-hydrogen) atoms. The lowest BCUT2D eigenvalue weighted by molar-refractivity contribution is -0.144. The zero-order valence-corrected chi connectivity index (χ0v) is 26.8. The molecule has 3 aromatic rings. The molecule has 0 unspecified atom stereocenters. The molecule has 7 nitrogen and oxygen atoms in total. The summed E-state index contributed by atoms with van der Waals surface area (Å²) in [4.78, 5) is 14.5. The third-order valence-electron chi connectivity index (χ3n) is 7.13. The van der Waals surface area contributed by atoms with Crippen molar-refractivity contribution in [2.75, 3.05) is 23.3 Å². The van der Waals surface area contributed by atoms with Crippen molar-refractivity contribution in [2.24, 2.45) is 0 Å². The molecule has 1 aliphatic rings. The van der Waals surface area contributed by atoms with Gasteiger partial charge in [0.25, 0.3) is 0 Å². The highest BCUT2D eigenvalue weighted by molar-refractivity contribution is 7.92. The first kappa shape index (κ1) is 30.5. The highest BCUT2D eigenvalue weighted by Gasteiger charge is 2.49. The van der Waals surface area contributed by atoms with E-state index in [4.69, 9.17) is 4.74 Å². The summed E-state index contributed by atoms with van der Waals surface area (Å²) < 4.78 is 56.6. The number of ether oxygens (including phenoxy) is 1. The lowest BCUT2D eigenvalue weighted by Gasteiger charge is -2.35. The fourth-order valence-corrected chi connectivity index (χ4v) is 9.93. The van der Waals surface area contributed by atoms with Crippen LogP contribution in [0.3, 0.4) is 0 Å². The van der Waals surface area contributed by atoms with Crippen molar-refractivity contribution in [2.45, 2.75) is 56.1 Å². The molecular formula is C29H37NO6S3Si. The predicted molar refractivity (Wildman–Crippen MR) is 167 cm³/mol. The Labute approximate surface area is 243 Å². The lowest BCUT2D eigenvalue weighted by atomic mass is 9.95. The van der Waals surface area contributed by atoms with Crippen molar-refractivity contribution < 1.29 is 26.4 Å². The van der Waals surface area contributed by atoms with Crippen LogP contribution in [0.2, 0.25) is 25.7 Å². The smallest absolute Gasteiger partial charge is 0.307 e. The Hall–Kier alpha value is -2.47. The van der Waals surface area contributed by atoms with Crippen LogP contribution >= 0.6 is 11.3 Å². The normalized spacial score (nSPS) is 19.2. The molecule has 0 saturated carbocycles. The number of nitrogens with one attached hydrogen (secondary N) is 1. The highest BCUT2D eigenvalue weighted by atomic mass is 32.2. The van der Waals surface area contributed by atoms with Crippen molar-refractivity contribution in [3.63, 3.8) is 0 Å². The number of hydrogen-bond acceptors (Lipinski definition) is 7. The summed E-state index contributed by atoms with van der Waals surface area (Å²) in [6, 6.07) is 19.7. The Bertz CT molecular complexity index is 1560. The monoisotopic (exact) mass is 619 g/mol. The van der Waals surface area contributed by atoms with E-state index in [0.717, 1.165) is 40.3 Å². The van der Waals surface area contributed by atoms with Crippen molar-refractivity contribution in [3.05, 3.63) is 65.5 Å². The number of carbonyl (C=O) groups is 1. The minimum atomic E-state index is -3.54. The maximum absolute atomic E-state index is 13.5. The second kappa shape index (κ2) is 11.8. The second-order valence-corrected chi connectivity index (χ2v) is 22.5. The average Bonchev–Trinajstić information content (AvgIpc) is 3.35. The van der Waals surface area contributed by atoms with E-state index < -0.39 is 38.7 Å². The molecule has 0 amide bonds. The molecule has 2 heterocycles. The van der Waals surface area contributed by atoms with Gasteiger partial charge >= 0.3 is 5.97 Å². The van der Waals surface area contributed by atoms with Gasteiger partial charge in [-0.2, -0.15) is 0 Å². The fraction of sp³-hybridized carbons (Fsp3) is 0.414. The molecule has 1 N–H and O–H groups in total. The number of esters is 1. The Morgan fingerprint density at radius 3 is 2.12 bits per heavy atom. The molecule has 0 aliphatic carbocycles. The van der Waals surface area contributed by atoms with E-state index in [1.165, 1.54) is 11.3 Å². The van der Waals surface area contributed by atoms with Gasteiger partial charge in [-0.15, -0.1) is 11.3 Å². The molecule has 0 spiro atoms. The third kappa shape index (κ3) is 7.42. The van der Waals surface area contributed by atoms with Crippen LogP contribution in [0.4, 0.5) is 5.69 Å². The van der Waals surface area contributed by atoms with E-state index in [9.17, 15) is 21.6 Å². The zero-order valence-electron chi connectivity index (χ0n) is 23.4. The second-order valence-electron chi connectivity index (χ2n) is 11.7. The topological polar surface area (TPSA) is 107 Å². The first-order chi connectivity index (χ1) is 18.7. The molecule has 2 aromatic carbocycles. The molecule has 1 aromatic heterocycles. The standard InChI is InChI=1S/C29H37NO6S3Si/c1-38(32,33)30-25-13-11-23(12-14-25)22-7-9-24(10-8-22)26-15-16-27(37-26)29(17-5-6-19-39(29,34)35)21-28(31)36-18-20-40(2,3)4/h7-16,30H,5-6,17-21H2,1-4H3/t29-/m0/s1. The van der Waals surface area contributed by atoms with Crippen LogP contribution in [-0.2, 0) is 34.1 Å². The van der Waals surface area contributed by atoms with Crippen LogP contribution in [0.1, 0.15) is 30.6 Å². The summed E-state index contributed by atoms with van der Waals surface area (Å²) in [5.74, 6) is -0.365. The molecule has 1 aliphatic heterocycles. The maximum Gasteiger partial charge on any atom is 0.307 e.